The first-order chi connectivity index (χ1) is 8.65. The van der Waals surface area contributed by atoms with E-state index in [1.807, 2.05) is 0 Å². The summed E-state index contributed by atoms with van der Waals surface area (Å²) in [7, 11) is 0. The van der Waals surface area contributed by atoms with Crippen molar-refractivity contribution in [2.45, 2.75) is 51.5 Å². The van der Waals surface area contributed by atoms with Gasteiger partial charge in [-0.15, -0.1) is 0 Å². The maximum absolute atomic E-state index is 12.1. The monoisotopic (exact) mass is 255 g/mol. The molecule has 1 saturated heterocycles. The second-order valence-corrected chi connectivity index (χ2v) is 4.95. The molecule has 3 N–H and O–H groups in total. The number of primary amides is 1. The SMILES string of the molecule is CCCCCCC(=O)N(CC(N)=O)C1CCNC1. The molecule has 104 valence electrons. The van der Waals surface area contributed by atoms with Gasteiger partial charge < -0.3 is 16.0 Å². The predicted octanol–water partition coefficient (Wildman–Crippen LogP) is 0.633. The van der Waals surface area contributed by atoms with E-state index in [1.165, 1.54) is 0 Å². The zero-order valence-electron chi connectivity index (χ0n) is 11.3. The van der Waals surface area contributed by atoms with Crippen LogP contribution in [0.1, 0.15) is 45.4 Å². The zero-order chi connectivity index (χ0) is 13.4. The fraction of sp³-hybridized carbons (Fsp3) is 0.846. The fourth-order valence-electron chi connectivity index (χ4n) is 2.34. The van der Waals surface area contributed by atoms with Gasteiger partial charge in [-0.2, -0.15) is 0 Å². The minimum absolute atomic E-state index is 0.0545. The smallest absolute Gasteiger partial charge is 0.237 e. The quantitative estimate of drug-likeness (QED) is 0.625. The summed E-state index contributed by atoms with van der Waals surface area (Å²) in [4.78, 5) is 24.8. The van der Waals surface area contributed by atoms with Gasteiger partial charge in [-0.25, -0.2) is 0 Å². The number of carbonyl (C=O) groups is 2. The van der Waals surface area contributed by atoms with Crippen LogP contribution in [-0.4, -0.2) is 42.4 Å². The van der Waals surface area contributed by atoms with Crippen LogP contribution in [0.15, 0.2) is 0 Å². The van der Waals surface area contributed by atoms with Gasteiger partial charge in [0.25, 0.3) is 0 Å². The molecule has 0 aromatic heterocycles. The van der Waals surface area contributed by atoms with E-state index in [2.05, 4.69) is 12.2 Å². The Morgan fingerprint density at radius 2 is 2.11 bits per heavy atom. The average Bonchev–Trinajstić information content (AvgIpc) is 2.84. The predicted molar refractivity (Wildman–Crippen MR) is 70.9 cm³/mol. The van der Waals surface area contributed by atoms with E-state index in [4.69, 9.17) is 5.73 Å². The van der Waals surface area contributed by atoms with Crippen molar-refractivity contribution in [1.82, 2.24) is 10.2 Å². The summed E-state index contributed by atoms with van der Waals surface area (Å²) in [5.41, 5.74) is 5.22. The van der Waals surface area contributed by atoms with Gasteiger partial charge in [0.1, 0.15) is 0 Å². The van der Waals surface area contributed by atoms with E-state index in [0.29, 0.717) is 6.42 Å². The summed E-state index contributed by atoms with van der Waals surface area (Å²) in [5, 5.41) is 3.21. The maximum Gasteiger partial charge on any atom is 0.237 e. The lowest BCUT2D eigenvalue weighted by Crippen LogP contribution is -2.46. The molecule has 1 aliphatic heterocycles. The van der Waals surface area contributed by atoms with Crippen LogP contribution in [-0.2, 0) is 9.59 Å². The summed E-state index contributed by atoms with van der Waals surface area (Å²) in [6, 6.07) is 0.135. The molecule has 0 aromatic carbocycles. The largest absolute Gasteiger partial charge is 0.368 e. The Bertz CT molecular complexity index is 275. The minimum Gasteiger partial charge on any atom is -0.368 e. The lowest BCUT2D eigenvalue weighted by atomic mass is 10.1. The molecule has 2 amide bonds. The first kappa shape index (κ1) is 15.0. The highest BCUT2D eigenvalue weighted by Crippen LogP contribution is 2.12. The molecule has 1 aliphatic rings. The van der Waals surface area contributed by atoms with E-state index >= 15 is 0 Å². The second-order valence-electron chi connectivity index (χ2n) is 4.95. The molecule has 0 spiro atoms. The molecule has 0 aromatic rings. The lowest BCUT2D eigenvalue weighted by Gasteiger charge is -2.27. The Morgan fingerprint density at radius 1 is 1.33 bits per heavy atom. The zero-order valence-corrected chi connectivity index (χ0v) is 11.3. The number of amides is 2. The fourth-order valence-corrected chi connectivity index (χ4v) is 2.34. The Labute approximate surface area is 109 Å². The number of hydrogen-bond donors (Lipinski definition) is 2. The van der Waals surface area contributed by atoms with Gasteiger partial charge in [-0.05, 0) is 19.4 Å². The van der Waals surface area contributed by atoms with Crippen LogP contribution in [0.5, 0.6) is 0 Å². The van der Waals surface area contributed by atoms with Crippen molar-refractivity contribution in [2.75, 3.05) is 19.6 Å². The highest BCUT2D eigenvalue weighted by atomic mass is 16.2. The molecule has 5 nitrogen and oxygen atoms in total. The topological polar surface area (TPSA) is 75.4 Å². The normalized spacial score (nSPS) is 18.8. The van der Waals surface area contributed by atoms with E-state index in [0.717, 1.165) is 45.2 Å². The van der Waals surface area contributed by atoms with Crippen molar-refractivity contribution in [3.05, 3.63) is 0 Å². The van der Waals surface area contributed by atoms with Crippen LogP contribution in [0, 0.1) is 0 Å². The molecule has 0 saturated carbocycles. The number of rotatable bonds is 8. The van der Waals surface area contributed by atoms with Gasteiger partial charge >= 0.3 is 0 Å². The molecule has 0 radical (unpaired) electrons. The molecule has 1 rings (SSSR count). The molecular formula is C13H25N3O2. The molecular weight excluding hydrogens is 230 g/mol. The summed E-state index contributed by atoms with van der Waals surface area (Å²) < 4.78 is 0. The molecule has 0 bridgehead atoms. The number of nitrogens with two attached hydrogens (primary N) is 1. The summed E-state index contributed by atoms with van der Waals surface area (Å²) in [5.74, 6) is -0.359. The van der Waals surface area contributed by atoms with Gasteiger partial charge in [0.15, 0.2) is 0 Å². The number of nitrogens with one attached hydrogen (secondary N) is 1. The Balaban J connectivity index is 2.42. The van der Waals surface area contributed by atoms with Gasteiger partial charge in [-0.3, -0.25) is 9.59 Å². The van der Waals surface area contributed by atoms with Gasteiger partial charge in [0.05, 0.1) is 6.54 Å². The van der Waals surface area contributed by atoms with Gasteiger partial charge in [0.2, 0.25) is 11.8 Å². The third kappa shape index (κ3) is 5.04. The third-order valence-corrected chi connectivity index (χ3v) is 3.37. The Morgan fingerprint density at radius 3 is 2.67 bits per heavy atom. The van der Waals surface area contributed by atoms with Crippen LogP contribution in [0.4, 0.5) is 0 Å². The summed E-state index contributed by atoms with van der Waals surface area (Å²) in [6.45, 7) is 3.88. The van der Waals surface area contributed by atoms with E-state index < -0.39 is 5.91 Å². The molecule has 1 unspecified atom stereocenters. The minimum atomic E-state index is -0.427. The van der Waals surface area contributed by atoms with Crippen molar-refractivity contribution >= 4 is 11.8 Å². The highest BCUT2D eigenvalue weighted by molar-refractivity contribution is 5.84. The second kappa shape index (κ2) is 8.08. The van der Waals surface area contributed by atoms with Crippen molar-refractivity contribution < 1.29 is 9.59 Å². The van der Waals surface area contributed by atoms with Crippen LogP contribution in [0.25, 0.3) is 0 Å². The standard InChI is InChI=1S/C13H25N3O2/c1-2-3-4-5-6-13(18)16(10-12(14)17)11-7-8-15-9-11/h11,15H,2-10H2,1H3,(H2,14,17). The first-order valence-electron chi connectivity index (χ1n) is 6.93. The van der Waals surface area contributed by atoms with Crippen LogP contribution >= 0.6 is 0 Å². The Kier molecular flexibility index (Phi) is 6.72. The van der Waals surface area contributed by atoms with Crippen molar-refractivity contribution in [3.63, 3.8) is 0 Å². The highest BCUT2D eigenvalue weighted by Gasteiger charge is 2.27. The molecule has 0 aliphatic carbocycles. The first-order valence-corrected chi connectivity index (χ1v) is 6.93. The van der Waals surface area contributed by atoms with Gasteiger partial charge in [0, 0.05) is 19.0 Å². The number of hydrogen-bond acceptors (Lipinski definition) is 3. The Hall–Kier alpha value is -1.10. The molecule has 1 fully saturated rings. The van der Waals surface area contributed by atoms with E-state index in [-0.39, 0.29) is 18.5 Å². The summed E-state index contributed by atoms with van der Waals surface area (Å²) in [6.07, 6.45) is 5.75. The maximum atomic E-state index is 12.1. The molecule has 1 heterocycles. The van der Waals surface area contributed by atoms with Crippen LogP contribution in [0.2, 0.25) is 0 Å². The molecule has 18 heavy (non-hydrogen) atoms. The van der Waals surface area contributed by atoms with Crippen molar-refractivity contribution in [2.24, 2.45) is 5.73 Å². The van der Waals surface area contributed by atoms with Gasteiger partial charge in [-0.1, -0.05) is 26.2 Å². The molecule has 1 atom stereocenters. The van der Waals surface area contributed by atoms with E-state index in [1.54, 1.807) is 4.90 Å². The lowest BCUT2D eigenvalue weighted by molar-refractivity contribution is -0.137. The average molecular weight is 255 g/mol. The van der Waals surface area contributed by atoms with E-state index in [9.17, 15) is 9.59 Å². The third-order valence-electron chi connectivity index (χ3n) is 3.37. The number of nitrogens with zero attached hydrogens (tertiary/aromatic N) is 1. The van der Waals surface area contributed by atoms with Crippen molar-refractivity contribution in [3.8, 4) is 0 Å². The van der Waals surface area contributed by atoms with Crippen LogP contribution in [0.3, 0.4) is 0 Å². The number of unbranched alkanes of at least 4 members (excludes halogenated alkanes) is 3. The van der Waals surface area contributed by atoms with Crippen LogP contribution < -0.4 is 11.1 Å². The molecule has 5 heteroatoms. The summed E-state index contributed by atoms with van der Waals surface area (Å²) >= 11 is 0. The number of carbonyl (C=O) groups excluding carboxylic acids is 2. The van der Waals surface area contributed by atoms with Crippen molar-refractivity contribution in [1.29, 1.82) is 0 Å².